The van der Waals surface area contributed by atoms with Gasteiger partial charge in [0, 0.05) is 35.6 Å². The number of hydrogen-bond acceptors (Lipinski definition) is 4. The van der Waals surface area contributed by atoms with Gasteiger partial charge in [0.2, 0.25) is 0 Å². The summed E-state index contributed by atoms with van der Waals surface area (Å²) in [5.41, 5.74) is 1.43. The number of aliphatic hydroxyl groups excluding tert-OH is 1. The lowest BCUT2D eigenvalue weighted by Gasteiger charge is -2.44. The quantitative estimate of drug-likeness (QED) is 0.653. The van der Waals surface area contributed by atoms with Crippen molar-refractivity contribution in [1.29, 1.82) is 0 Å². The molecule has 1 aromatic heterocycles. The predicted octanol–water partition coefficient (Wildman–Crippen LogP) is 4.46. The number of nitrogens with one attached hydrogen (secondary N) is 2. The Kier molecular flexibility index (Phi) is 6.02. The minimum atomic E-state index is -0.614. The number of H-pyrrole nitrogens is 1. The van der Waals surface area contributed by atoms with Crippen molar-refractivity contribution in [3.63, 3.8) is 0 Å². The first-order valence-corrected chi connectivity index (χ1v) is 10.2. The minimum Gasteiger partial charge on any atom is -0.388 e. The lowest BCUT2D eigenvalue weighted by atomic mass is 9.68. The van der Waals surface area contributed by atoms with Crippen LogP contribution >= 0.6 is 11.6 Å². The average molecular weight is 391 g/mol. The molecule has 0 unspecified atom stereocenters. The summed E-state index contributed by atoms with van der Waals surface area (Å²) < 4.78 is 0. The van der Waals surface area contributed by atoms with Crippen LogP contribution in [0.3, 0.4) is 0 Å². The maximum Gasteiger partial charge on any atom is 0.0938 e. The SMILES string of the molecule is C=C(NCCC)N1CCC(C(C)(C)[C@H](O)c2cc(Cl)cc3cn[nH]c23)CC1. The molecular weight excluding hydrogens is 360 g/mol. The molecule has 0 aliphatic carbocycles. The number of fused-ring (bicyclic) bond motifs is 1. The van der Waals surface area contributed by atoms with E-state index in [2.05, 4.69) is 47.8 Å². The van der Waals surface area contributed by atoms with Crippen LogP contribution < -0.4 is 5.32 Å². The third-order valence-corrected chi connectivity index (χ3v) is 6.27. The second-order valence-electron chi connectivity index (χ2n) is 8.19. The molecule has 148 valence electrons. The summed E-state index contributed by atoms with van der Waals surface area (Å²) >= 11 is 6.28. The molecule has 1 atom stereocenters. The first kappa shape index (κ1) is 20.0. The fourth-order valence-electron chi connectivity index (χ4n) is 4.16. The van der Waals surface area contributed by atoms with Gasteiger partial charge < -0.3 is 15.3 Å². The first-order valence-electron chi connectivity index (χ1n) is 9.83. The fourth-order valence-corrected chi connectivity index (χ4v) is 4.40. The van der Waals surface area contributed by atoms with E-state index in [0.717, 1.165) is 61.2 Å². The molecule has 6 heteroatoms. The third-order valence-electron chi connectivity index (χ3n) is 6.05. The van der Waals surface area contributed by atoms with Crippen LogP contribution in [-0.4, -0.2) is 39.8 Å². The Morgan fingerprint density at radius 2 is 2.15 bits per heavy atom. The van der Waals surface area contributed by atoms with Gasteiger partial charge in [0.15, 0.2) is 0 Å². The summed E-state index contributed by atoms with van der Waals surface area (Å²) in [7, 11) is 0. The molecule has 0 saturated carbocycles. The minimum absolute atomic E-state index is 0.271. The normalized spacial score (nSPS) is 17.3. The second-order valence-corrected chi connectivity index (χ2v) is 8.62. The highest BCUT2D eigenvalue weighted by atomic mass is 35.5. The Hall–Kier alpha value is -1.72. The molecule has 5 nitrogen and oxygen atoms in total. The molecule has 1 aliphatic heterocycles. The van der Waals surface area contributed by atoms with Crippen molar-refractivity contribution in [2.24, 2.45) is 11.3 Å². The van der Waals surface area contributed by atoms with E-state index < -0.39 is 6.10 Å². The molecule has 2 heterocycles. The second kappa shape index (κ2) is 8.11. The average Bonchev–Trinajstić information content (AvgIpc) is 3.13. The molecule has 0 amide bonds. The van der Waals surface area contributed by atoms with E-state index in [0.29, 0.717) is 10.9 Å². The number of benzene rings is 1. The number of halogens is 1. The van der Waals surface area contributed by atoms with Crippen LogP contribution in [0.1, 0.15) is 51.7 Å². The van der Waals surface area contributed by atoms with Crippen LogP contribution in [0, 0.1) is 11.3 Å². The Labute approximate surface area is 166 Å². The molecular formula is C21H31ClN4O. The van der Waals surface area contributed by atoms with Crippen LogP contribution in [0.2, 0.25) is 5.02 Å². The maximum atomic E-state index is 11.3. The van der Waals surface area contributed by atoms with E-state index >= 15 is 0 Å². The zero-order chi connectivity index (χ0) is 19.6. The molecule has 3 rings (SSSR count). The first-order chi connectivity index (χ1) is 12.8. The van der Waals surface area contributed by atoms with Crippen LogP contribution in [0.25, 0.3) is 10.9 Å². The number of likely N-dealkylation sites (tertiary alicyclic amines) is 1. The molecule has 27 heavy (non-hydrogen) atoms. The highest BCUT2D eigenvalue weighted by Crippen LogP contribution is 2.46. The topological polar surface area (TPSA) is 64.2 Å². The van der Waals surface area contributed by atoms with Gasteiger partial charge in [-0.3, -0.25) is 5.10 Å². The van der Waals surface area contributed by atoms with Gasteiger partial charge in [0.1, 0.15) is 0 Å². The Morgan fingerprint density at radius 1 is 1.44 bits per heavy atom. The maximum absolute atomic E-state index is 11.3. The zero-order valence-electron chi connectivity index (χ0n) is 16.6. The van der Waals surface area contributed by atoms with E-state index in [-0.39, 0.29) is 5.41 Å². The summed E-state index contributed by atoms with van der Waals surface area (Å²) in [5, 5.41) is 23.4. The van der Waals surface area contributed by atoms with Crippen molar-refractivity contribution in [3.05, 3.63) is 41.3 Å². The van der Waals surface area contributed by atoms with E-state index in [4.69, 9.17) is 11.6 Å². The Morgan fingerprint density at radius 3 is 2.81 bits per heavy atom. The smallest absolute Gasteiger partial charge is 0.0938 e. The lowest BCUT2D eigenvalue weighted by Crippen LogP contribution is -2.43. The van der Waals surface area contributed by atoms with E-state index in [1.807, 2.05) is 12.1 Å². The number of nitrogens with zero attached hydrogens (tertiary/aromatic N) is 2. The van der Waals surface area contributed by atoms with E-state index in [1.165, 1.54) is 0 Å². The van der Waals surface area contributed by atoms with E-state index in [1.54, 1.807) is 6.20 Å². The number of aliphatic hydroxyl groups is 1. The molecule has 1 aromatic carbocycles. The molecule has 1 saturated heterocycles. The summed E-state index contributed by atoms with van der Waals surface area (Å²) in [6.45, 7) is 13.5. The number of aromatic amines is 1. The van der Waals surface area contributed by atoms with Crippen LogP contribution in [0.5, 0.6) is 0 Å². The predicted molar refractivity (Wildman–Crippen MR) is 112 cm³/mol. The summed E-state index contributed by atoms with van der Waals surface area (Å²) in [6, 6.07) is 3.73. The van der Waals surface area contributed by atoms with Crippen molar-refractivity contribution >= 4 is 22.5 Å². The molecule has 1 aliphatic rings. The molecule has 2 aromatic rings. The van der Waals surface area contributed by atoms with Gasteiger partial charge in [-0.1, -0.05) is 39.0 Å². The Bertz CT molecular complexity index is 793. The van der Waals surface area contributed by atoms with Gasteiger partial charge in [-0.15, -0.1) is 0 Å². The van der Waals surface area contributed by atoms with Crippen LogP contribution in [0.15, 0.2) is 30.7 Å². The van der Waals surface area contributed by atoms with Crippen molar-refractivity contribution < 1.29 is 5.11 Å². The highest BCUT2D eigenvalue weighted by Gasteiger charge is 2.39. The summed E-state index contributed by atoms with van der Waals surface area (Å²) in [5.74, 6) is 1.43. The van der Waals surface area contributed by atoms with Crippen molar-refractivity contribution in [2.45, 2.75) is 46.1 Å². The van der Waals surface area contributed by atoms with Gasteiger partial charge in [-0.2, -0.15) is 5.10 Å². The van der Waals surface area contributed by atoms with Gasteiger partial charge in [0.25, 0.3) is 0 Å². The summed E-state index contributed by atoms with van der Waals surface area (Å²) in [6.07, 6.45) is 4.29. The molecule has 0 bridgehead atoms. The van der Waals surface area contributed by atoms with Crippen molar-refractivity contribution in [2.75, 3.05) is 19.6 Å². The van der Waals surface area contributed by atoms with Gasteiger partial charge >= 0.3 is 0 Å². The zero-order valence-corrected chi connectivity index (χ0v) is 17.3. The highest BCUT2D eigenvalue weighted by molar-refractivity contribution is 6.31. The standard InChI is InChI=1S/C21H31ClN4O/c1-5-8-23-14(2)26-9-6-16(7-10-26)21(3,4)20(27)18-12-17(22)11-15-13-24-25-19(15)18/h11-13,16,20,23,27H,2,5-10H2,1,3-4H3,(H,24,25)/t20-/m1/s1. The third kappa shape index (κ3) is 4.09. The summed E-state index contributed by atoms with van der Waals surface area (Å²) in [4.78, 5) is 2.32. The molecule has 0 radical (unpaired) electrons. The number of rotatable bonds is 7. The number of hydrogen-bond donors (Lipinski definition) is 3. The fraction of sp³-hybridized carbons (Fsp3) is 0.571. The lowest BCUT2D eigenvalue weighted by molar-refractivity contribution is -0.0156. The van der Waals surface area contributed by atoms with E-state index in [9.17, 15) is 5.11 Å². The van der Waals surface area contributed by atoms with Crippen LogP contribution in [0.4, 0.5) is 0 Å². The largest absolute Gasteiger partial charge is 0.388 e. The van der Waals surface area contributed by atoms with Gasteiger partial charge in [-0.25, -0.2) is 0 Å². The Balaban J connectivity index is 1.73. The molecule has 3 N–H and O–H groups in total. The number of piperidine rings is 1. The monoisotopic (exact) mass is 390 g/mol. The molecule has 1 fully saturated rings. The van der Waals surface area contributed by atoms with Crippen molar-refractivity contribution in [1.82, 2.24) is 20.4 Å². The van der Waals surface area contributed by atoms with Gasteiger partial charge in [-0.05, 0) is 42.7 Å². The van der Waals surface area contributed by atoms with Crippen LogP contribution in [-0.2, 0) is 0 Å². The molecule has 0 spiro atoms. The van der Waals surface area contributed by atoms with Gasteiger partial charge in [0.05, 0.1) is 23.6 Å². The van der Waals surface area contributed by atoms with Crippen molar-refractivity contribution in [3.8, 4) is 0 Å². The number of aromatic nitrogens is 2.